The zero-order valence-corrected chi connectivity index (χ0v) is 12.1. The van der Waals surface area contributed by atoms with Gasteiger partial charge in [0, 0.05) is 30.4 Å². The molecule has 0 aromatic heterocycles. The molecule has 110 valence electrons. The van der Waals surface area contributed by atoms with Crippen LogP contribution in [-0.2, 0) is 4.74 Å². The molecule has 1 rings (SSSR count). The first-order chi connectivity index (χ1) is 9.62. The van der Waals surface area contributed by atoms with Crippen molar-refractivity contribution in [3.63, 3.8) is 0 Å². The summed E-state index contributed by atoms with van der Waals surface area (Å²) in [6.45, 7) is 7.84. The molecule has 0 aliphatic rings. The van der Waals surface area contributed by atoms with Crippen LogP contribution >= 0.6 is 0 Å². The van der Waals surface area contributed by atoms with Crippen LogP contribution in [0.25, 0.3) is 0 Å². The molecule has 0 aliphatic carbocycles. The summed E-state index contributed by atoms with van der Waals surface area (Å²) in [7, 11) is 0. The number of carbonyl (C=O) groups excluding carboxylic acids is 1. The van der Waals surface area contributed by atoms with Crippen LogP contribution in [0.4, 0.5) is 10.5 Å². The van der Waals surface area contributed by atoms with Gasteiger partial charge in [-0.3, -0.25) is 0 Å². The first-order valence-corrected chi connectivity index (χ1v) is 6.66. The maximum absolute atomic E-state index is 11.0. The molecule has 0 bridgehead atoms. The number of rotatable bonds is 6. The van der Waals surface area contributed by atoms with E-state index in [9.17, 15) is 9.90 Å². The fourth-order valence-electron chi connectivity index (χ4n) is 1.74. The first kappa shape index (κ1) is 15.8. The Hall–Kier alpha value is -2.24. The highest BCUT2D eigenvalue weighted by Gasteiger charge is 2.05. The number of anilines is 1. The monoisotopic (exact) mass is 279 g/mol. The molecule has 0 saturated carbocycles. The predicted molar refractivity (Wildman–Crippen MR) is 79.4 cm³/mol. The van der Waals surface area contributed by atoms with Crippen LogP contribution in [0, 0.1) is 0 Å². The normalized spacial score (nSPS) is 10.6. The van der Waals surface area contributed by atoms with E-state index in [0.717, 1.165) is 18.8 Å². The zero-order chi connectivity index (χ0) is 15.0. The molecule has 0 unspecified atom stereocenters. The van der Waals surface area contributed by atoms with Gasteiger partial charge in [-0.1, -0.05) is 0 Å². The zero-order valence-electron chi connectivity index (χ0n) is 12.1. The highest BCUT2D eigenvalue weighted by atomic mass is 16.5. The van der Waals surface area contributed by atoms with Crippen molar-refractivity contribution >= 4 is 18.0 Å². The first-order valence-electron chi connectivity index (χ1n) is 6.66. The summed E-state index contributed by atoms with van der Waals surface area (Å²) in [6, 6.07) is 5.33. The third-order valence-electron chi connectivity index (χ3n) is 2.78. The van der Waals surface area contributed by atoms with Crippen molar-refractivity contribution in [2.45, 2.75) is 20.8 Å². The van der Waals surface area contributed by atoms with Crippen LogP contribution in [0.2, 0.25) is 0 Å². The number of nitrogens with one attached hydrogen (secondary N) is 1. The van der Waals surface area contributed by atoms with E-state index in [1.165, 1.54) is 6.21 Å². The fraction of sp³-hybridized carbons (Fsp3) is 0.429. The van der Waals surface area contributed by atoms with Crippen LogP contribution < -0.4 is 10.3 Å². The lowest BCUT2D eigenvalue weighted by atomic mass is 10.2. The van der Waals surface area contributed by atoms with E-state index in [0.29, 0.717) is 5.56 Å². The van der Waals surface area contributed by atoms with Gasteiger partial charge in [-0.25, -0.2) is 10.2 Å². The predicted octanol–water partition coefficient (Wildman–Crippen LogP) is 2.32. The summed E-state index contributed by atoms with van der Waals surface area (Å²) in [6.07, 6.45) is 0.751. The number of aromatic hydroxyl groups is 1. The van der Waals surface area contributed by atoms with Crippen molar-refractivity contribution in [3.8, 4) is 5.75 Å². The number of amides is 1. The Bertz CT molecular complexity index is 471. The number of hydrazone groups is 1. The van der Waals surface area contributed by atoms with Crippen molar-refractivity contribution in [1.82, 2.24) is 5.43 Å². The number of phenols is 1. The Labute approximate surface area is 119 Å². The molecule has 1 amide bonds. The molecule has 6 nitrogen and oxygen atoms in total. The van der Waals surface area contributed by atoms with Gasteiger partial charge in [-0.05, 0) is 32.9 Å². The summed E-state index contributed by atoms with van der Waals surface area (Å²) in [5, 5.41) is 13.7. The number of carbonyl (C=O) groups is 1. The van der Waals surface area contributed by atoms with Crippen molar-refractivity contribution in [3.05, 3.63) is 23.8 Å². The van der Waals surface area contributed by atoms with E-state index in [-0.39, 0.29) is 12.4 Å². The molecule has 0 heterocycles. The lowest BCUT2D eigenvalue weighted by Gasteiger charge is -2.21. The second-order valence-electron chi connectivity index (χ2n) is 4.01. The minimum Gasteiger partial charge on any atom is -0.507 e. The molecule has 6 heteroatoms. The Morgan fingerprint density at radius 2 is 2.10 bits per heavy atom. The summed E-state index contributed by atoms with van der Waals surface area (Å²) in [5.41, 5.74) is 3.68. The van der Waals surface area contributed by atoms with Crippen LogP contribution in [0.1, 0.15) is 26.3 Å². The molecule has 0 spiro atoms. The second kappa shape index (κ2) is 8.04. The summed E-state index contributed by atoms with van der Waals surface area (Å²) < 4.78 is 4.66. The van der Waals surface area contributed by atoms with Crippen LogP contribution in [-0.4, -0.2) is 37.1 Å². The standard InChI is InChI=1S/C14H21N3O3/c1-4-17(5-2)12-8-7-11(13(18)9-12)10-15-16-14(19)20-6-3/h7-10,18H,4-6H2,1-3H3,(H,16,19). The Morgan fingerprint density at radius 1 is 1.40 bits per heavy atom. The van der Waals surface area contributed by atoms with Gasteiger partial charge in [0.15, 0.2) is 0 Å². The molecule has 0 atom stereocenters. The largest absolute Gasteiger partial charge is 0.507 e. The van der Waals surface area contributed by atoms with Gasteiger partial charge in [0.1, 0.15) is 5.75 Å². The van der Waals surface area contributed by atoms with Crippen molar-refractivity contribution in [2.24, 2.45) is 5.10 Å². The van der Waals surface area contributed by atoms with Gasteiger partial charge in [-0.15, -0.1) is 0 Å². The summed E-state index contributed by atoms with van der Waals surface area (Å²) >= 11 is 0. The number of ether oxygens (including phenoxy) is 1. The van der Waals surface area contributed by atoms with Gasteiger partial charge in [0.05, 0.1) is 12.8 Å². The van der Waals surface area contributed by atoms with E-state index >= 15 is 0 Å². The van der Waals surface area contributed by atoms with Crippen molar-refractivity contribution < 1.29 is 14.6 Å². The third kappa shape index (κ3) is 4.46. The van der Waals surface area contributed by atoms with Gasteiger partial charge in [0.2, 0.25) is 0 Å². The average molecular weight is 279 g/mol. The third-order valence-corrected chi connectivity index (χ3v) is 2.78. The van der Waals surface area contributed by atoms with Crippen LogP contribution in [0.5, 0.6) is 5.75 Å². The highest BCUT2D eigenvalue weighted by Crippen LogP contribution is 2.23. The maximum Gasteiger partial charge on any atom is 0.427 e. The molecule has 1 aromatic rings. The quantitative estimate of drug-likeness (QED) is 0.619. The number of benzene rings is 1. The summed E-state index contributed by atoms with van der Waals surface area (Å²) in [5.74, 6) is 0.115. The van der Waals surface area contributed by atoms with E-state index in [1.807, 2.05) is 6.07 Å². The van der Waals surface area contributed by atoms with Crippen molar-refractivity contribution in [1.29, 1.82) is 0 Å². The van der Waals surface area contributed by atoms with Crippen LogP contribution in [0.15, 0.2) is 23.3 Å². The SMILES string of the molecule is CCOC(=O)NN=Cc1ccc(N(CC)CC)cc1O. The smallest absolute Gasteiger partial charge is 0.427 e. The molecular formula is C14H21N3O3. The number of nitrogens with zero attached hydrogens (tertiary/aromatic N) is 2. The molecule has 0 aliphatic heterocycles. The summed E-state index contributed by atoms with van der Waals surface area (Å²) in [4.78, 5) is 13.1. The topological polar surface area (TPSA) is 74.2 Å². The highest BCUT2D eigenvalue weighted by molar-refractivity contribution is 5.85. The Kier molecular flexibility index (Phi) is 6.36. The van der Waals surface area contributed by atoms with Gasteiger partial charge in [0.25, 0.3) is 0 Å². The molecule has 2 N–H and O–H groups in total. The average Bonchev–Trinajstić information content (AvgIpc) is 2.43. The van der Waals surface area contributed by atoms with Gasteiger partial charge in [-0.2, -0.15) is 5.10 Å². The lowest BCUT2D eigenvalue weighted by molar-refractivity contribution is 0.152. The number of hydrogen-bond donors (Lipinski definition) is 2. The van der Waals surface area contributed by atoms with E-state index in [4.69, 9.17) is 0 Å². The van der Waals surface area contributed by atoms with Gasteiger partial charge < -0.3 is 14.7 Å². The molecule has 0 saturated heterocycles. The second-order valence-corrected chi connectivity index (χ2v) is 4.01. The molecular weight excluding hydrogens is 258 g/mol. The van der Waals surface area contributed by atoms with E-state index in [1.54, 1.807) is 19.1 Å². The number of hydrogen-bond acceptors (Lipinski definition) is 5. The fourth-order valence-corrected chi connectivity index (χ4v) is 1.74. The van der Waals surface area contributed by atoms with E-state index < -0.39 is 6.09 Å². The van der Waals surface area contributed by atoms with E-state index in [2.05, 4.69) is 34.0 Å². The molecule has 0 fully saturated rings. The Balaban J connectivity index is 2.73. The van der Waals surface area contributed by atoms with Crippen LogP contribution in [0.3, 0.4) is 0 Å². The molecule has 0 radical (unpaired) electrons. The molecule has 20 heavy (non-hydrogen) atoms. The minimum atomic E-state index is -0.622. The minimum absolute atomic E-state index is 0.115. The maximum atomic E-state index is 11.0. The van der Waals surface area contributed by atoms with Crippen molar-refractivity contribution in [2.75, 3.05) is 24.6 Å². The number of phenolic OH excluding ortho intramolecular Hbond substituents is 1. The Morgan fingerprint density at radius 3 is 2.65 bits per heavy atom. The molecule has 1 aromatic carbocycles. The van der Waals surface area contributed by atoms with Gasteiger partial charge >= 0.3 is 6.09 Å². The lowest BCUT2D eigenvalue weighted by Crippen LogP contribution is -2.21.